The Kier molecular flexibility index (Phi) is 4.92. The smallest absolute Gasteiger partial charge is 0.278 e. The lowest BCUT2D eigenvalue weighted by Gasteiger charge is -2.40. The first-order chi connectivity index (χ1) is 11.3. The number of aliphatic imine (C=N–C) groups is 1. The van der Waals surface area contributed by atoms with Crippen LogP contribution in [-0.4, -0.2) is 27.5 Å². The number of aromatic nitrogens is 2. The molecule has 0 radical (unpaired) electrons. The Labute approximate surface area is 140 Å². The van der Waals surface area contributed by atoms with E-state index >= 15 is 0 Å². The van der Waals surface area contributed by atoms with Gasteiger partial charge in [0.15, 0.2) is 12.4 Å². The first-order valence-corrected chi connectivity index (χ1v) is 8.09. The van der Waals surface area contributed by atoms with Gasteiger partial charge in [0, 0.05) is 30.6 Å². The lowest BCUT2D eigenvalue weighted by molar-refractivity contribution is -0.379. The van der Waals surface area contributed by atoms with Gasteiger partial charge in [0.05, 0.1) is 11.6 Å². The molecule has 0 aliphatic carbocycles. The summed E-state index contributed by atoms with van der Waals surface area (Å²) in [7, 11) is 0. The van der Waals surface area contributed by atoms with E-state index in [0.29, 0.717) is 10.7 Å². The molecule has 5 nitrogen and oxygen atoms in total. The maximum Gasteiger partial charge on any atom is 0.278 e. The van der Waals surface area contributed by atoms with Crippen LogP contribution in [0.5, 0.6) is 0 Å². The molecular formula is C17H18N4OS. The third kappa shape index (κ3) is 3.71. The van der Waals surface area contributed by atoms with Gasteiger partial charge in [-0.2, -0.15) is 0 Å². The van der Waals surface area contributed by atoms with Crippen molar-refractivity contribution >= 4 is 23.7 Å². The van der Waals surface area contributed by atoms with Gasteiger partial charge >= 0.3 is 0 Å². The predicted octanol–water partition coefficient (Wildman–Crippen LogP) is 2.17. The molecule has 3 heterocycles. The van der Waals surface area contributed by atoms with Crippen LogP contribution in [0.4, 0.5) is 0 Å². The predicted molar refractivity (Wildman–Crippen MR) is 89.7 cm³/mol. The molecule has 0 bridgehead atoms. The van der Waals surface area contributed by atoms with Crippen molar-refractivity contribution in [1.29, 1.82) is 0 Å². The minimum absolute atomic E-state index is 0.166. The molecule has 6 heteroatoms. The van der Waals surface area contributed by atoms with Crippen molar-refractivity contribution in [2.24, 2.45) is 4.99 Å². The molecule has 1 fully saturated rings. The van der Waals surface area contributed by atoms with Gasteiger partial charge in [-0.15, -0.1) is 0 Å². The zero-order chi connectivity index (χ0) is 16.1. The highest BCUT2D eigenvalue weighted by molar-refractivity contribution is 7.77. The summed E-state index contributed by atoms with van der Waals surface area (Å²) in [6.45, 7) is 0.822. The van der Waals surface area contributed by atoms with E-state index in [9.17, 15) is 4.79 Å². The van der Waals surface area contributed by atoms with Crippen molar-refractivity contribution in [3.8, 4) is 0 Å². The van der Waals surface area contributed by atoms with Crippen molar-refractivity contribution in [2.75, 3.05) is 6.54 Å². The van der Waals surface area contributed by atoms with Crippen LogP contribution in [0, 0.1) is 0 Å². The Balaban J connectivity index is 1.83. The fourth-order valence-electron chi connectivity index (χ4n) is 2.83. The van der Waals surface area contributed by atoms with Gasteiger partial charge in [-0.3, -0.25) is 9.78 Å². The van der Waals surface area contributed by atoms with Gasteiger partial charge in [0.2, 0.25) is 0 Å². The summed E-state index contributed by atoms with van der Waals surface area (Å²) < 4.78 is 0. The number of H-pyrrole nitrogens is 1. The van der Waals surface area contributed by atoms with Crippen LogP contribution in [0.3, 0.4) is 0 Å². The van der Waals surface area contributed by atoms with Gasteiger partial charge in [0.1, 0.15) is 0 Å². The number of hydrogen-bond acceptors (Lipinski definition) is 3. The highest BCUT2D eigenvalue weighted by atomic mass is 32.1. The average Bonchev–Trinajstić information content (AvgIpc) is 2.63. The second kappa shape index (κ2) is 7.28. The van der Waals surface area contributed by atoms with E-state index in [2.05, 4.69) is 25.9 Å². The summed E-state index contributed by atoms with van der Waals surface area (Å²) in [5, 5.41) is 0.354. The van der Waals surface area contributed by atoms with Crippen molar-refractivity contribution in [3.05, 3.63) is 60.2 Å². The number of amidine groups is 1. The molecule has 118 valence electrons. The Morgan fingerprint density at radius 3 is 3.00 bits per heavy atom. The second-order valence-corrected chi connectivity index (χ2v) is 5.85. The van der Waals surface area contributed by atoms with Crippen molar-refractivity contribution < 1.29 is 9.78 Å². The maximum absolute atomic E-state index is 12.2. The minimum Gasteiger partial charge on any atom is -0.742 e. The summed E-state index contributed by atoms with van der Waals surface area (Å²) in [4.78, 5) is 25.4. The van der Waals surface area contributed by atoms with Gasteiger partial charge in [-0.25, -0.2) is 9.98 Å². The highest BCUT2D eigenvalue weighted by Gasteiger charge is 2.24. The SMILES string of the molecule is O=C(N=C([S-])N1CCCCC1c1ccc[nH+]c1)c1cccnc1. The van der Waals surface area contributed by atoms with Crippen LogP contribution in [0.1, 0.15) is 41.2 Å². The molecule has 3 rings (SSSR count). The van der Waals surface area contributed by atoms with E-state index in [1.807, 2.05) is 18.5 Å². The number of pyridine rings is 2. The molecule has 2 aromatic heterocycles. The molecular weight excluding hydrogens is 308 g/mol. The van der Waals surface area contributed by atoms with E-state index in [4.69, 9.17) is 12.6 Å². The molecule has 2 aromatic rings. The van der Waals surface area contributed by atoms with Crippen LogP contribution in [0.25, 0.3) is 0 Å². The fraction of sp³-hybridized carbons (Fsp3) is 0.294. The third-order valence-electron chi connectivity index (χ3n) is 3.97. The number of nitrogens with one attached hydrogen (secondary N) is 1. The van der Waals surface area contributed by atoms with Crippen molar-refractivity contribution in [3.63, 3.8) is 0 Å². The van der Waals surface area contributed by atoms with E-state index in [1.54, 1.807) is 18.3 Å². The number of aromatic amines is 1. The minimum atomic E-state index is -0.341. The number of carbonyl (C=O) groups is 1. The third-order valence-corrected chi connectivity index (χ3v) is 4.30. The molecule has 1 aliphatic heterocycles. The fourth-order valence-corrected chi connectivity index (χ4v) is 3.13. The van der Waals surface area contributed by atoms with Gasteiger partial charge in [-0.1, -0.05) is 0 Å². The van der Waals surface area contributed by atoms with E-state index in [0.717, 1.165) is 25.8 Å². The number of hydrogen-bond donors (Lipinski definition) is 0. The molecule has 0 saturated carbocycles. The Hall–Kier alpha value is -2.34. The maximum atomic E-state index is 12.2. The van der Waals surface area contributed by atoms with Crippen LogP contribution in [0.15, 0.2) is 54.0 Å². The topological polar surface area (TPSA) is 59.7 Å². The van der Waals surface area contributed by atoms with Gasteiger partial charge < -0.3 is 17.5 Å². The molecule has 1 atom stereocenters. The van der Waals surface area contributed by atoms with Crippen LogP contribution in [0.2, 0.25) is 0 Å². The summed E-state index contributed by atoms with van der Waals surface area (Å²) in [6, 6.07) is 7.63. The average molecular weight is 326 g/mol. The van der Waals surface area contributed by atoms with Crippen molar-refractivity contribution in [1.82, 2.24) is 9.88 Å². The lowest BCUT2D eigenvalue weighted by Crippen LogP contribution is -2.38. The highest BCUT2D eigenvalue weighted by Crippen LogP contribution is 2.30. The van der Waals surface area contributed by atoms with Gasteiger partial charge in [0.25, 0.3) is 5.91 Å². The first kappa shape index (κ1) is 15.6. The van der Waals surface area contributed by atoms with Crippen LogP contribution >= 0.6 is 0 Å². The Bertz CT molecular complexity index is 690. The number of rotatable bonds is 2. The molecule has 0 spiro atoms. The molecule has 1 aliphatic rings. The molecule has 1 amide bonds. The Morgan fingerprint density at radius 1 is 1.35 bits per heavy atom. The number of nitrogens with zero attached hydrogens (tertiary/aromatic N) is 3. The van der Waals surface area contributed by atoms with Crippen molar-refractivity contribution in [2.45, 2.75) is 25.3 Å². The van der Waals surface area contributed by atoms with Gasteiger partial charge in [-0.05, 0) is 42.6 Å². The summed E-state index contributed by atoms with van der Waals surface area (Å²) in [5.74, 6) is -0.341. The lowest BCUT2D eigenvalue weighted by atomic mass is 9.97. The summed E-state index contributed by atoms with van der Waals surface area (Å²) in [6.07, 6.45) is 10.2. The standard InChI is InChI=1S/C17H18N4OS/c22-16(14-6-4-9-19-12-14)20-17(23)21-10-2-1-7-15(21)13-5-3-8-18-11-13/h3-6,8-9,11-12,15H,1-2,7,10H2,(H,20,22,23). The second-order valence-electron chi connectivity index (χ2n) is 5.48. The van der Waals surface area contributed by atoms with E-state index in [1.165, 1.54) is 11.8 Å². The monoisotopic (exact) mass is 326 g/mol. The zero-order valence-electron chi connectivity index (χ0n) is 12.7. The first-order valence-electron chi connectivity index (χ1n) is 7.68. The Morgan fingerprint density at radius 2 is 2.26 bits per heavy atom. The summed E-state index contributed by atoms with van der Waals surface area (Å²) >= 11 is 5.44. The van der Waals surface area contributed by atoms with E-state index in [-0.39, 0.29) is 11.9 Å². The number of piperidine rings is 1. The molecule has 1 N–H and O–H groups in total. The molecule has 23 heavy (non-hydrogen) atoms. The number of likely N-dealkylation sites (tertiary alicyclic amines) is 1. The number of amides is 1. The quantitative estimate of drug-likeness (QED) is 0.482. The van der Waals surface area contributed by atoms with E-state index < -0.39 is 0 Å². The largest absolute Gasteiger partial charge is 0.742 e. The number of carbonyl (C=O) groups excluding carboxylic acids is 1. The zero-order valence-corrected chi connectivity index (χ0v) is 13.5. The normalized spacial score (nSPS) is 18.7. The molecule has 1 saturated heterocycles. The van der Waals surface area contributed by atoms with Crippen LogP contribution < -0.4 is 4.98 Å². The molecule has 1 unspecified atom stereocenters. The molecule has 0 aromatic carbocycles. The summed E-state index contributed by atoms with van der Waals surface area (Å²) in [5.41, 5.74) is 1.62. The van der Waals surface area contributed by atoms with Crippen LogP contribution in [-0.2, 0) is 12.6 Å².